The Labute approximate surface area is 170 Å². The topological polar surface area (TPSA) is 34.0 Å². The van der Waals surface area contributed by atoms with Gasteiger partial charge >= 0.3 is 0 Å². The van der Waals surface area contributed by atoms with Crippen molar-refractivity contribution in [2.24, 2.45) is 0 Å². The summed E-state index contributed by atoms with van der Waals surface area (Å²) in [6.45, 7) is 3.80. The predicted octanol–water partition coefficient (Wildman–Crippen LogP) is 3.16. The highest BCUT2D eigenvalue weighted by atomic mass is 19.1. The maximum absolute atomic E-state index is 13.9. The molecule has 148 valence electrons. The Morgan fingerprint density at radius 3 is 2.34 bits per heavy atom. The average Bonchev–Trinajstić information content (AvgIpc) is 2.75. The SMILES string of the molecule is O=C(c1ccccc1F)N1CC[NH+](Cc2cccc(Oc3ccccc3)c2)CC1. The first-order valence-electron chi connectivity index (χ1n) is 9.88. The summed E-state index contributed by atoms with van der Waals surface area (Å²) in [5.41, 5.74) is 1.35. The van der Waals surface area contributed by atoms with Gasteiger partial charge in [0.15, 0.2) is 0 Å². The lowest BCUT2D eigenvalue weighted by atomic mass is 10.1. The monoisotopic (exact) mass is 391 g/mol. The van der Waals surface area contributed by atoms with Gasteiger partial charge in [0.2, 0.25) is 0 Å². The Morgan fingerprint density at radius 1 is 0.897 bits per heavy atom. The van der Waals surface area contributed by atoms with Gasteiger partial charge in [-0.1, -0.05) is 42.5 Å². The molecule has 1 aliphatic heterocycles. The first-order valence-corrected chi connectivity index (χ1v) is 9.88. The number of benzene rings is 3. The number of para-hydroxylation sites is 1. The fraction of sp³-hybridized carbons (Fsp3) is 0.208. The van der Waals surface area contributed by atoms with Crippen LogP contribution in [0, 0.1) is 5.82 Å². The molecule has 0 atom stereocenters. The molecule has 5 heteroatoms. The zero-order valence-electron chi connectivity index (χ0n) is 16.2. The second-order valence-electron chi connectivity index (χ2n) is 7.26. The number of nitrogens with zero attached hydrogens (tertiary/aromatic N) is 1. The number of ether oxygens (including phenoxy) is 1. The molecule has 0 saturated carbocycles. The third-order valence-electron chi connectivity index (χ3n) is 5.19. The average molecular weight is 391 g/mol. The Kier molecular flexibility index (Phi) is 5.86. The number of hydrogen-bond acceptors (Lipinski definition) is 2. The van der Waals surface area contributed by atoms with E-state index in [1.54, 1.807) is 23.1 Å². The van der Waals surface area contributed by atoms with Crippen molar-refractivity contribution in [3.05, 3.63) is 95.8 Å². The minimum Gasteiger partial charge on any atom is -0.457 e. The van der Waals surface area contributed by atoms with Crippen LogP contribution in [0.1, 0.15) is 15.9 Å². The summed E-state index contributed by atoms with van der Waals surface area (Å²) < 4.78 is 19.8. The lowest BCUT2D eigenvalue weighted by Crippen LogP contribution is -3.13. The Bertz CT molecular complexity index is 969. The zero-order valence-corrected chi connectivity index (χ0v) is 16.2. The Hall–Kier alpha value is -3.18. The quantitative estimate of drug-likeness (QED) is 0.725. The maximum atomic E-state index is 13.9. The number of rotatable bonds is 5. The molecule has 1 heterocycles. The van der Waals surface area contributed by atoms with Gasteiger partial charge < -0.3 is 14.5 Å². The summed E-state index contributed by atoms with van der Waals surface area (Å²) in [6.07, 6.45) is 0. The van der Waals surface area contributed by atoms with Crippen molar-refractivity contribution in [3.8, 4) is 11.5 Å². The van der Waals surface area contributed by atoms with Gasteiger partial charge in [-0.25, -0.2) is 4.39 Å². The maximum Gasteiger partial charge on any atom is 0.257 e. The lowest BCUT2D eigenvalue weighted by molar-refractivity contribution is -0.917. The highest BCUT2D eigenvalue weighted by Crippen LogP contribution is 2.21. The fourth-order valence-corrected chi connectivity index (χ4v) is 3.64. The summed E-state index contributed by atoms with van der Waals surface area (Å²) in [6, 6.07) is 24.0. The molecule has 1 N–H and O–H groups in total. The van der Waals surface area contributed by atoms with Crippen LogP contribution >= 0.6 is 0 Å². The summed E-state index contributed by atoms with van der Waals surface area (Å²) in [5, 5.41) is 0. The van der Waals surface area contributed by atoms with Gasteiger partial charge in [-0.15, -0.1) is 0 Å². The number of carbonyl (C=O) groups excluding carboxylic acids is 1. The largest absolute Gasteiger partial charge is 0.457 e. The van der Waals surface area contributed by atoms with Gasteiger partial charge in [-0.2, -0.15) is 0 Å². The van der Waals surface area contributed by atoms with E-state index in [9.17, 15) is 9.18 Å². The van der Waals surface area contributed by atoms with Gasteiger partial charge in [0.1, 0.15) is 23.9 Å². The molecule has 0 bridgehead atoms. The van der Waals surface area contributed by atoms with Crippen LogP contribution in [0.5, 0.6) is 11.5 Å². The first-order chi connectivity index (χ1) is 14.2. The van der Waals surface area contributed by atoms with Crippen molar-refractivity contribution in [1.29, 1.82) is 0 Å². The molecule has 0 spiro atoms. The number of piperazine rings is 1. The zero-order chi connectivity index (χ0) is 20.1. The molecule has 1 aliphatic rings. The van der Waals surface area contributed by atoms with Crippen molar-refractivity contribution in [2.75, 3.05) is 26.2 Å². The van der Waals surface area contributed by atoms with E-state index >= 15 is 0 Å². The molecule has 0 aliphatic carbocycles. The molecular weight excluding hydrogens is 367 g/mol. The molecule has 4 rings (SSSR count). The third kappa shape index (κ3) is 4.81. The molecule has 29 heavy (non-hydrogen) atoms. The molecule has 1 fully saturated rings. The smallest absolute Gasteiger partial charge is 0.257 e. The molecule has 4 nitrogen and oxygen atoms in total. The molecular formula is C24H24FN2O2+. The van der Waals surface area contributed by atoms with E-state index in [2.05, 4.69) is 12.1 Å². The standard InChI is InChI=1S/C24H23FN2O2/c25-23-12-5-4-11-22(23)24(28)27-15-13-26(14-16-27)18-19-7-6-10-21(17-19)29-20-8-2-1-3-9-20/h1-12,17H,13-16,18H2/p+1. The van der Waals surface area contributed by atoms with E-state index in [1.807, 2.05) is 42.5 Å². The predicted molar refractivity (Wildman–Crippen MR) is 110 cm³/mol. The molecule has 0 unspecified atom stereocenters. The highest BCUT2D eigenvalue weighted by Gasteiger charge is 2.26. The number of carbonyl (C=O) groups is 1. The minimum atomic E-state index is -0.456. The van der Waals surface area contributed by atoms with Gasteiger partial charge in [0.25, 0.3) is 5.91 Å². The normalized spacial score (nSPS) is 14.6. The van der Waals surface area contributed by atoms with Crippen LogP contribution in [0.3, 0.4) is 0 Å². The van der Waals surface area contributed by atoms with E-state index in [1.165, 1.54) is 16.5 Å². The van der Waals surface area contributed by atoms with Gasteiger partial charge in [-0.3, -0.25) is 4.79 Å². The van der Waals surface area contributed by atoms with Crippen LogP contribution in [0.4, 0.5) is 4.39 Å². The number of amides is 1. The van der Waals surface area contributed by atoms with Crippen LogP contribution in [-0.4, -0.2) is 37.0 Å². The number of hydrogen-bond donors (Lipinski definition) is 1. The van der Waals surface area contributed by atoms with Crippen LogP contribution in [-0.2, 0) is 6.54 Å². The van der Waals surface area contributed by atoms with Gasteiger partial charge in [0.05, 0.1) is 31.7 Å². The summed E-state index contributed by atoms with van der Waals surface area (Å²) >= 11 is 0. The first kappa shape index (κ1) is 19.2. The highest BCUT2D eigenvalue weighted by molar-refractivity contribution is 5.94. The van der Waals surface area contributed by atoms with Gasteiger partial charge in [0, 0.05) is 5.56 Å². The van der Waals surface area contributed by atoms with Crippen molar-refractivity contribution in [2.45, 2.75) is 6.54 Å². The number of nitrogens with one attached hydrogen (secondary N) is 1. The number of quaternary nitrogens is 1. The molecule has 1 amide bonds. The van der Waals surface area contributed by atoms with Gasteiger partial charge in [-0.05, 0) is 36.4 Å². The Morgan fingerprint density at radius 2 is 1.59 bits per heavy atom. The van der Waals surface area contributed by atoms with Crippen molar-refractivity contribution in [1.82, 2.24) is 4.90 Å². The molecule has 3 aromatic carbocycles. The molecule has 1 saturated heterocycles. The van der Waals surface area contributed by atoms with E-state index in [0.29, 0.717) is 13.1 Å². The van der Waals surface area contributed by atoms with Crippen LogP contribution in [0.15, 0.2) is 78.9 Å². The van der Waals surface area contributed by atoms with E-state index in [-0.39, 0.29) is 11.5 Å². The Balaban J connectivity index is 1.33. The third-order valence-corrected chi connectivity index (χ3v) is 5.19. The second kappa shape index (κ2) is 8.88. The van der Waals surface area contributed by atoms with Crippen molar-refractivity contribution in [3.63, 3.8) is 0 Å². The van der Waals surface area contributed by atoms with E-state index in [0.717, 1.165) is 31.1 Å². The molecule has 0 aromatic heterocycles. The van der Waals surface area contributed by atoms with E-state index in [4.69, 9.17) is 4.74 Å². The van der Waals surface area contributed by atoms with Crippen molar-refractivity contribution < 1.29 is 18.8 Å². The molecule has 3 aromatic rings. The van der Waals surface area contributed by atoms with E-state index < -0.39 is 5.82 Å². The second-order valence-corrected chi connectivity index (χ2v) is 7.26. The molecule has 0 radical (unpaired) electrons. The van der Waals surface area contributed by atoms with Crippen LogP contribution < -0.4 is 9.64 Å². The van der Waals surface area contributed by atoms with Crippen molar-refractivity contribution >= 4 is 5.91 Å². The fourth-order valence-electron chi connectivity index (χ4n) is 3.64. The number of halogens is 1. The van der Waals surface area contributed by atoms with Crippen LogP contribution in [0.25, 0.3) is 0 Å². The summed E-state index contributed by atoms with van der Waals surface area (Å²) in [7, 11) is 0. The van der Waals surface area contributed by atoms with Crippen LogP contribution in [0.2, 0.25) is 0 Å². The minimum absolute atomic E-state index is 0.154. The summed E-state index contributed by atoms with van der Waals surface area (Å²) in [4.78, 5) is 15.7. The summed E-state index contributed by atoms with van der Waals surface area (Å²) in [5.74, 6) is 0.960. The lowest BCUT2D eigenvalue weighted by Gasteiger charge is -2.32.